The Labute approximate surface area is 145 Å². The van der Waals surface area contributed by atoms with E-state index in [1.54, 1.807) is 0 Å². The fourth-order valence-electron chi connectivity index (χ4n) is 3.85. The third-order valence-corrected chi connectivity index (χ3v) is 5.53. The second-order valence-electron chi connectivity index (χ2n) is 7.80. The highest BCUT2D eigenvalue weighted by Gasteiger charge is 2.36. The predicted molar refractivity (Wildman–Crippen MR) is 101 cm³/mol. The SMILES string of the molecule is CCCCCCCC(CCCCCCC)N1CC[C@](N)(CO)C1. The molecule has 0 saturated carbocycles. The zero-order valence-corrected chi connectivity index (χ0v) is 15.9. The Hall–Kier alpha value is -0.120. The summed E-state index contributed by atoms with van der Waals surface area (Å²) in [4.78, 5) is 2.58. The van der Waals surface area contributed by atoms with Crippen molar-refractivity contribution in [3.05, 3.63) is 0 Å². The third-order valence-electron chi connectivity index (χ3n) is 5.53. The molecule has 138 valence electrons. The van der Waals surface area contributed by atoms with Crippen molar-refractivity contribution in [1.82, 2.24) is 4.90 Å². The van der Waals surface area contributed by atoms with E-state index in [0.29, 0.717) is 6.04 Å². The summed E-state index contributed by atoms with van der Waals surface area (Å²) >= 11 is 0. The van der Waals surface area contributed by atoms with Crippen LogP contribution in [0.25, 0.3) is 0 Å². The fourth-order valence-corrected chi connectivity index (χ4v) is 3.85. The van der Waals surface area contributed by atoms with Crippen molar-refractivity contribution in [2.45, 2.75) is 109 Å². The molecule has 0 aromatic rings. The Morgan fingerprint density at radius 3 is 1.87 bits per heavy atom. The smallest absolute Gasteiger partial charge is 0.0624 e. The van der Waals surface area contributed by atoms with Gasteiger partial charge in [0, 0.05) is 19.1 Å². The van der Waals surface area contributed by atoms with Crippen LogP contribution in [0, 0.1) is 0 Å². The van der Waals surface area contributed by atoms with Crippen molar-refractivity contribution in [3.8, 4) is 0 Å². The first-order chi connectivity index (χ1) is 11.1. The van der Waals surface area contributed by atoms with Gasteiger partial charge in [-0.05, 0) is 19.3 Å². The molecule has 3 N–H and O–H groups in total. The molecule has 3 nitrogen and oxygen atoms in total. The van der Waals surface area contributed by atoms with Crippen molar-refractivity contribution < 1.29 is 5.11 Å². The number of hydrogen-bond acceptors (Lipinski definition) is 3. The van der Waals surface area contributed by atoms with Crippen LogP contribution in [-0.2, 0) is 0 Å². The minimum Gasteiger partial charge on any atom is -0.394 e. The first-order valence-electron chi connectivity index (χ1n) is 10.3. The van der Waals surface area contributed by atoms with Crippen LogP contribution in [0.4, 0.5) is 0 Å². The molecule has 0 radical (unpaired) electrons. The average Bonchev–Trinajstić information content (AvgIpc) is 2.95. The van der Waals surface area contributed by atoms with Gasteiger partial charge >= 0.3 is 0 Å². The summed E-state index contributed by atoms with van der Waals surface area (Å²) in [6, 6.07) is 0.690. The highest BCUT2D eigenvalue weighted by molar-refractivity contribution is 4.96. The van der Waals surface area contributed by atoms with Crippen LogP contribution in [0.1, 0.15) is 97.3 Å². The van der Waals surface area contributed by atoms with E-state index in [-0.39, 0.29) is 12.1 Å². The minimum absolute atomic E-state index is 0.128. The van der Waals surface area contributed by atoms with Crippen molar-refractivity contribution in [2.24, 2.45) is 5.73 Å². The van der Waals surface area contributed by atoms with Gasteiger partial charge in [-0.1, -0.05) is 78.1 Å². The lowest BCUT2D eigenvalue weighted by Crippen LogP contribution is -2.47. The van der Waals surface area contributed by atoms with Crippen LogP contribution in [0.3, 0.4) is 0 Å². The van der Waals surface area contributed by atoms with Crippen LogP contribution >= 0.6 is 0 Å². The summed E-state index contributed by atoms with van der Waals surface area (Å²) in [5.41, 5.74) is 5.94. The van der Waals surface area contributed by atoms with E-state index >= 15 is 0 Å². The maximum Gasteiger partial charge on any atom is 0.0624 e. The zero-order valence-electron chi connectivity index (χ0n) is 15.9. The number of unbranched alkanes of at least 4 members (excludes halogenated alkanes) is 8. The Bertz CT molecular complexity index is 271. The van der Waals surface area contributed by atoms with Crippen LogP contribution < -0.4 is 5.73 Å². The quantitative estimate of drug-likeness (QED) is 0.463. The molecule has 0 aromatic carbocycles. The molecule has 1 heterocycles. The molecule has 0 aliphatic carbocycles. The van der Waals surface area contributed by atoms with E-state index in [9.17, 15) is 5.11 Å². The summed E-state index contributed by atoms with van der Waals surface area (Å²) in [6.45, 7) is 6.64. The molecule has 1 aliphatic heterocycles. The summed E-state index contributed by atoms with van der Waals surface area (Å²) < 4.78 is 0. The van der Waals surface area contributed by atoms with Crippen LogP contribution in [0.5, 0.6) is 0 Å². The molecule has 1 atom stereocenters. The summed E-state index contributed by atoms with van der Waals surface area (Å²) in [5.74, 6) is 0. The number of hydrogen-bond donors (Lipinski definition) is 2. The first kappa shape index (κ1) is 20.9. The van der Waals surface area contributed by atoms with E-state index in [1.807, 2.05) is 0 Å². The van der Waals surface area contributed by atoms with Crippen molar-refractivity contribution in [2.75, 3.05) is 19.7 Å². The van der Waals surface area contributed by atoms with Crippen molar-refractivity contribution >= 4 is 0 Å². The molecular formula is C20H42N2O. The maximum absolute atomic E-state index is 9.52. The maximum atomic E-state index is 9.52. The van der Waals surface area contributed by atoms with Crippen molar-refractivity contribution in [3.63, 3.8) is 0 Å². The van der Waals surface area contributed by atoms with Gasteiger partial charge in [-0.3, -0.25) is 4.90 Å². The van der Waals surface area contributed by atoms with E-state index in [2.05, 4.69) is 18.7 Å². The monoisotopic (exact) mass is 326 g/mol. The van der Waals surface area contributed by atoms with Gasteiger partial charge in [0.1, 0.15) is 0 Å². The lowest BCUT2D eigenvalue weighted by Gasteiger charge is -2.30. The van der Waals surface area contributed by atoms with Gasteiger partial charge < -0.3 is 10.8 Å². The summed E-state index contributed by atoms with van der Waals surface area (Å²) in [7, 11) is 0. The second-order valence-corrected chi connectivity index (χ2v) is 7.80. The molecule has 23 heavy (non-hydrogen) atoms. The first-order valence-corrected chi connectivity index (χ1v) is 10.3. The summed E-state index contributed by atoms with van der Waals surface area (Å²) in [5, 5.41) is 9.52. The van der Waals surface area contributed by atoms with Gasteiger partial charge in [-0.15, -0.1) is 0 Å². The molecule has 1 saturated heterocycles. The van der Waals surface area contributed by atoms with Crippen molar-refractivity contribution in [1.29, 1.82) is 0 Å². The Balaban J connectivity index is 2.35. The van der Waals surface area contributed by atoms with E-state index in [4.69, 9.17) is 5.73 Å². The molecule has 0 aromatic heterocycles. The number of aliphatic hydroxyl groups is 1. The Kier molecular flexibility index (Phi) is 11.2. The molecule has 1 fully saturated rings. The molecule has 0 spiro atoms. The van der Waals surface area contributed by atoms with Gasteiger partial charge in [0.25, 0.3) is 0 Å². The Morgan fingerprint density at radius 1 is 0.913 bits per heavy atom. The molecule has 1 rings (SSSR count). The Morgan fingerprint density at radius 2 is 1.43 bits per heavy atom. The lowest BCUT2D eigenvalue weighted by atomic mass is 9.98. The van der Waals surface area contributed by atoms with Gasteiger partial charge in [0.15, 0.2) is 0 Å². The molecular weight excluding hydrogens is 284 g/mol. The van der Waals surface area contributed by atoms with Gasteiger partial charge in [0.2, 0.25) is 0 Å². The molecule has 1 aliphatic rings. The van der Waals surface area contributed by atoms with Gasteiger partial charge in [0.05, 0.1) is 12.1 Å². The number of rotatable bonds is 14. The largest absolute Gasteiger partial charge is 0.394 e. The highest BCUT2D eigenvalue weighted by Crippen LogP contribution is 2.26. The standard InChI is InChI=1S/C20H42N2O/c1-3-5-7-9-11-13-19(14-12-10-8-6-4-2)22-16-15-20(21,17-22)18-23/h19,23H,3-18,21H2,1-2H3/t20-/m1/s1. The topological polar surface area (TPSA) is 49.5 Å². The lowest BCUT2D eigenvalue weighted by molar-refractivity contribution is 0.164. The number of likely N-dealkylation sites (tertiary alicyclic amines) is 1. The van der Waals surface area contributed by atoms with Gasteiger partial charge in [-0.2, -0.15) is 0 Å². The van der Waals surface area contributed by atoms with Gasteiger partial charge in [-0.25, -0.2) is 0 Å². The predicted octanol–water partition coefficient (Wildman–Crippen LogP) is 4.47. The number of nitrogens with zero attached hydrogens (tertiary/aromatic N) is 1. The normalized spacial score (nSPS) is 22.3. The molecule has 0 bridgehead atoms. The van der Waals surface area contributed by atoms with E-state index in [1.165, 1.54) is 77.0 Å². The van der Waals surface area contributed by atoms with Crippen LogP contribution in [0.15, 0.2) is 0 Å². The summed E-state index contributed by atoms with van der Waals surface area (Å²) in [6.07, 6.45) is 17.2. The molecule has 0 amide bonds. The minimum atomic E-state index is -0.345. The number of aliphatic hydroxyl groups excluding tert-OH is 1. The van der Waals surface area contributed by atoms with E-state index in [0.717, 1.165) is 19.5 Å². The zero-order chi connectivity index (χ0) is 17.0. The van der Waals surface area contributed by atoms with E-state index < -0.39 is 0 Å². The fraction of sp³-hybridized carbons (Fsp3) is 1.00. The van der Waals surface area contributed by atoms with Crippen LogP contribution in [0.2, 0.25) is 0 Å². The van der Waals surface area contributed by atoms with Crippen LogP contribution in [-0.4, -0.2) is 41.3 Å². The third kappa shape index (κ3) is 8.51. The number of nitrogens with two attached hydrogens (primary N) is 1. The molecule has 0 unspecified atom stereocenters. The average molecular weight is 327 g/mol. The second kappa shape index (κ2) is 12.3. The molecule has 3 heteroatoms. The highest BCUT2D eigenvalue weighted by atomic mass is 16.3.